The van der Waals surface area contributed by atoms with Crippen molar-refractivity contribution in [2.75, 3.05) is 0 Å². The summed E-state index contributed by atoms with van der Waals surface area (Å²) in [5, 5.41) is 2.48. The molecule has 5 aromatic carbocycles. The number of hydrogen-bond acceptors (Lipinski definition) is 0. The number of benzene rings is 5. The molecule has 0 aliphatic rings. The number of rotatable bonds is 4. The predicted molar refractivity (Wildman–Crippen MR) is 151 cm³/mol. The molecule has 7 rings (SSSR count). The topological polar surface area (TPSA) is 9.86 Å². The zero-order chi connectivity index (χ0) is 23.9. The van der Waals surface area contributed by atoms with E-state index >= 15 is 0 Å². The van der Waals surface area contributed by atoms with Crippen LogP contribution >= 0.6 is 0 Å². The molecule has 0 atom stereocenters. The maximum atomic E-state index is 2.36. The number of hydrogen-bond donors (Lipinski definition) is 0. The molecule has 0 aliphatic heterocycles. The average Bonchev–Trinajstić information content (AvgIpc) is 3.53. The third-order valence-electron chi connectivity index (χ3n) is 6.93. The summed E-state index contributed by atoms with van der Waals surface area (Å²) >= 11 is 0. The molecular formula is C34H24N2. The molecule has 0 saturated heterocycles. The van der Waals surface area contributed by atoms with E-state index in [0.717, 1.165) is 11.4 Å². The van der Waals surface area contributed by atoms with E-state index in [1.807, 2.05) is 0 Å². The predicted octanol–water partition coefficient (Wildman–Crippen LogP) is 8.91. The molecule has 0 radical (unpaired) electrons. The third-order valence-corrected chi connectivity index (χ3v) is 6.93. The van der Waals surface area contributed by atoms with Gasteiger partial charge in [0.25, 0.3) is 0 Å². The Hall–Kier alpha value is -4.82. The molecule has 0 spiro atoms. The van der Waals surface area contributed by atoms with Gasteiger partial charge in [-0.2, -0.15) is 0 Å². The highest BCUT2D eigenvalue weighted by molar-refractivity contribution is 5.90. The highest BCUT2D eigenvalue weighted by atomic mass is 15.0. The van der Waals surface area contributed by atoms with Crippen LogP contribution in [0, 0.1) is 0 Å². The summed E-state index contributed by atoms with van der Waals surface area (Å²) in [4.78, 5) is 0. The van der Waals surface area contributed by atoms with E-state index in [0.29, 0.717) is 0 Å². The van der Waals surface area contributed by atoms with Crippen molar-refractivity contribution in [1.29, 1.82) is 0 Å². The fraction of sp³-hybridized carbons (Fsp3) is 0. The lowest BCUT2D eigenvalue weighted by Gasteiger charge is -2.15. The molecule has 0 saturated carbocycles. The Morgan fingerprint density at radius 3 is 1.11 bits per heavy atom. The standard InChI is InChI=1S/C34H24N2/c1-3-11-25(12-4-1)33-23-27-15-7-9-17-31(27)35(33)29-19-21-30(22-20-29)36-32-18-10-8-16-28(32)24-34(36)26-13-5-2-6-14-26/h1-24H. The van der Waals surface area contributed by atoms with Crippen molar-refractivity contribution < 1.29 is 0 Å². The van der Waals surface area contributed by atoms with Crippen molar-refractivity contribution in [3.8, 4) is 33.9 Å². The van der Waals surface area contributed by atoms with Crippen LogP contribution in [-0.4, -0.2) is 9.13 Å². The molecule has 0 N–H and O–H groups in total. The number of nitrogens with zero attached hydrogens (tertiary/aromatic N) is 2. The van der Waals surface area contributed by atoms with E-state index in [1.165, 1.54) is 44.3 Å². The minimum absolute atomic E-state index is 1.15. The van der Waals surface area contributed by atoms with Crippen LogP contribution in [0.2, 0.25) is 0 Å². The van der Waals surface area contributed by atoms with Gasteiger partial charge in [0.1, 0.15) is 0 Å². The summed E-state index contributed by atoms with van der Waals surface area (Å²) in [5.74, 6) is 0. The molecule has 2 nitrogen and oxygen atoms in total. The molecule has 0 unspecified atom stereocenters. The highest BCUT2D eigenvalue weighted by Gasteiger charge is 2.15. The second-order valence-electron chi connectivity index (χ2n) is 9.10. The van der Waals surface area contributed by atoms with Crippen molar-refractivity contribution in [2.24, 2.45) is 0 Å². The van der Waals surface area contributed by atoms with Gasteiger partial charge >= 0.3 is 0 Å². The van der Waals surface area contributed by atoms with Gasteiger partial charge in [0.15, 0.2) is 0 Å². The van der Waals surface area contributed by atoms with Gasteiger partial charge in [-0.3, -0.25) is 0 Å². The van der Waals surface area contributed by atoms with Gasteiger partial charge in [-0.15, -0.1) is 0 Å². The zero-order valence-electron chi connectivity index (χ0n) is 19.8. The van der Waals surface area contributed by atoms with Gasteiger partial charge in [0.2, 0.25) is 0 Å². The maximum Gasteiger partial charge on any atom is 0.0540 e. The molecule has 0 aliphatic carbocycles. The van der Waals surface area contributed by atoms with E-state index in [9.17, 15) is 0 Å². The molecule has 2 heterocycles. The van der Waals surface area contributed by atoms with Gasteiger partial charge in [-0.1, -0.05) is 97.1 Å². The zero-order valence-corrected chi connectivity index (χ0v) is 19.8. The molecule has 170 valence electrons. The number of aromatic nitrogens is 2. The van der Waals surface area contributed by atoms with Gasteiger partial charge < -0.3 is 9.13 Å². The SMILES string of the molecule is c1ccc(-c2cc3ccccc3n2-c2ccc(-n3c(-c4ccccc4)cc4ccccc43)cc2)cc1. The van der Waals surface area contributed by atoms with Gasteiger partial charge in [0.05, 0.1) is 22.4 Å². The van der Waals surface area contributed by atoms with E-state index in [2.05, 4.69) is 155 Å². The van der Waals surface area contributed by atoms with Gasteiger partial charge in [-0.05, 0) is 59.7 Å². The summed E-state index contributed by atoms with van der Waals surface area (Å²) in [5.41, 5.74) is 9.53. The van der Waals surface area contributed by atoms with Crippen molar-refractivity contribution in [2.45, 2.75) is 0 Å². The summed E-state index contributed by atoms with van der Waals surface area (Å²) in [6.45, 7) is 0. The second-order valence-corrected chi connectivity index (χ2v) is 9.10. The van der Waals surface area contributed by atoms with Gasteiger partial charge in [0, 0.05) is 22.1 Å². The van der Waals surface area contributed by atoms with E-state index < -0.39 is 0 Å². The largest absolute Gasteiger partial charge is 0.309 e. The van der Waals surface area contributed by atoms with Crippen LogP contribution in [0.3, 0.4) is 0 Å². The maximum absolute atomic E-state index is 2.36. The first-order valence-electron chi connectivity index (χ1n) is 12.3. The molecule has 7 aromatic rings. The van der Waals surface area contributed by atoms with E-state index in [1.54, 1.807) is 0 Å². The van der Waals surface area contributed by atoms with E-state index in [4.69, 9.17) is 0 Å². The lowest BCUT2D eigenvalue weighted by Crippen LogP contribution is -2.00. The molecule has 2 aromatic heterocycles. The van der Waals surface area contributed by atoms with Crippen molar-refractivity contribution in [3.63, 3.8) is 0 Å². The fourth-order valence-corrected chi connectivity index (χ4v) is 5.26. The first kappa shape index (κ1) is 20.5. The van der Waals surface area contributed by atoms with Crippen LogP contribution in [-0.2, 0) is 0 Å². The lowest BCUT2D eigenvalue weighted by molar-refractivity contribution is 1.10. The summed E-state index contributed by atoms with van der Waals surface area (Å²) in [6.07, 6.45) is 0. The van der Waals surface area contributed by atoms with Crippen molar-refractivity contribution in [3.05, 3.63) is 146 Å². The Bertz CT molecular complexity index is 1670. The van der Waals surface area contributed by atoms with Crippen LogP contribution in [0.5, 0.6) is 0 Å². The fourth-order valence-electron chi connectivity index (χ4n) is 5.26. The number of para-hydroxylation sites is 2. The molecular weight excluding hydrogens is 436 g/mol. The Morgan fingerprint density at radius 2 is 0.694 bits per heavy atom. The van der Waals surface area contributed by atoms with Crippen LogP contribution in [0.15, 0.2) is 146 Å². The minimum atomic E-state index is 1.15. The molecule has 0 amide bonds. The first-order chi connectivity index (χ1) is 17.9. The smallest absolute Gasteiger partial charge is 0.0540 e. The van der Waals surface area contributed by atoms with Crippen LogP contribution in [0.25, 0.3) is 55.7 Å². The highest BCUT2D eigenvalue weighted by Crippen LogP contribution is 2.34. The van der Waals surface area contributed by atoms with Gasteiger partial charge in [-0.25, -0.2) is 0 Å². The quantitative estimate of drug-likeness (QED) is 0.248. The summed E-state index contributed by atoms with van der Waals surface area (Å²) in [7, 11) is 0. The molecule has 36 heavy (non-hydrogen) atoms. The van der Waals surface area contributed by atoms with Crippen molar-refractivity contribution in [1.82, 2.24) is 9.13 Å². The molecule has 0 fully saturated rings. The Labute approximate surface area is 210 Å². The average molecular weight is 461 g/mol. The Morgan fingerprint density at radius 1 is 0.333 bits per heavy atom. The monoisotopic (exact) mass is 460 g/mol. The van der Waals surface area contributed by atoms with Crippen LogP contribution < -0.4 is 0 Å². The normalized spacial score (nSPS) is 11.3. The second kappa shape index (κ2) is 8.44. The Balaban J connectivity index is 1.41. The van der Waals surface area contributed by atoms with Crippen LogP contribution in [0.1, 0.15) is 0 Å². The van der Waals surface area contributed by atoms with Crippen LogP contribution in [0.4, 0.5) is 0 Å². The lowest BCUT2D eigenvalue weighted by atomic mass is 10.1. The van der Waals surface area contributed by atoms with Crippen molar-refractivity contribution >= 4 is 21.8 Å². The van der Waals surface area contributed by atoms with E-state index in [-0.39, 0.29) is 0 Å². The Kier molecular flexibility index (Phi) is 4.82. The molecule has 0 bridgehead atoms. The summed E-state index contributed by atoms with van der Waals surface area (Å²) in [6, 6.07) is 51.9. The number of fused-ring (bicyclic) bond motifs is 2. The third kappa shape index (κ3) is 3.35. The first-order valence-corrected chi connectivity index (χ1v) is 12.3. The molecule has 2 heteroatoms. The summed E-state index contributed by atoms with van der Waals surface area (Å²) < 4.78 is 4.72. The minimum Gasteiger partial charge on any atom is -0.309 e.